The molecule has 0 radical (unpaired) electrons. The molecule has 0 atom stereocenters. The van der Waals surface area contributed by atoms with Crippen molar-refractivity contribution < 1.29 is 14.0 Å². The second-order valence-electron chi connectivity index (χ2n) is 13.9. The van der Waals surface area contributed by atoms with Crippen LogP contribution in [0, 0.1) is 5.82 Å². The first-order valence-corrected chi connectivity index (χ1v) is 16.9. The van der Waals surface area contributed by atoms with Crippen molar-refractivity contribution in [3.8, 4) is 11.3 Å². The van der Waals surface area contributed by atoms with Crippen molar-refractivity contribution in [1.29, 1.82) is 0 Å². The highest BCUT2D eigenvalue weighted by molar-refractivity contribution is 6.34. The van der Waals surface area contributed by atoms with Crippen LogP contribution >= 0.6 is 11.6 Å². The van der Waals surface area contributed by atoms with E-state index < -0.39 is 17.1 Å². The van der Waals surface area contributed by atoms with Crippen LogP contribution in [0.5, 0.6) is 0 Å². The second-order valence-corrected chi connectivity index (χ2v) is 14.3. The lowest BCUT2D eigenvalue weighted by Crippen LogP contribution is -2.57. The maximum absolute atomic E-state index is 15.3. The molecule has 1 saturated heterocycles. The van der Waals surface area contributed by atoms with Crippen molar-refractivity contribution in [2.24, 2.45) is 0 Å². The summed E-state index contributed by atoms with van der Waals surface area (Å²) in [5, 5.41) is 5.71. The largest absolute Gasteiger partial charge is 0.355 e. The number of amides is 2. The van der Waals surface area contributed by atoms with Gasteiger partial charge in [0.1, 0.15) is 11.3 Å². The van der Waals surface area contributed by atoms with Crippen LogP contribution in [-0.2, 0) is 10.2 Å². The molecule has 47 heavy (non-hydrogen) atoms. The van der Waals surface area contributed by atoms with E-state index in [0.29, 0.717) is 28.6 Å². The van der Waals surface area contributed by atoms with Crippen molar-refractivity contribution >= 4 is 51.6 Å². The highest BCUT2D eigenvalue weighted by Gasteiger charge is 2.50. The number of hydrogen-bond donors (Lipinski definition) is 2. The predicted molar refractivity (Wildman–Crippen MR) is 184 cm³/mol. The molecule has 4 aromatic rings. The molecule has 2 aromatic heterocycles. The molecule has 11 heteroatoms. The minimum absolute atomic E-state index is 0.0142. The van der Waals surface area contributed by atoms with Crippen LogP contribution in [0.25, 0.3) is 22.3 Å². The first-order valence-electron chi connectivity index (χ1n) is 16.6. The summed E-state index contributed by atoms with van der Waals surface area (Å²) >= 11 is 6.21. The second kappa shape index (κ2) is 11.9. The number of fused-ring (bicyclic) bond motifs is 2. The van der Waals surface area contributed by atoms with E-state index in [4.69, 9.17) is 16.6 Å². The number of aromatic nitrogens is 3. The maximum atomic E-state index is 15.3. The third kappa shape index (κ3) is 5.35. The summed E-state index contributed by atoms with van der Waals surface area (Å²) in [6.45, 7) is 10.4. The van der Waals surface area contributed by atoms with E-state index in [2.05, 4.69) is 26.6 Å². The first kappa shape index (κ1) is 31.6. The van der Waals surface area contributed by atoms with Gasteiger partial charge in [0.25, 0.3) is 5.91 Å². The van der Waals surface area contributed by atoms with Gasteiger partial charge in [-0.25, -0.2) is 14.4 Å². The minimum atomic E-state index is -0.626. The Hall–Kier alpha value is -4.02. The van der Waals surface area contributed by atoms with Crippen molar-refractivity contribution in [2.45, 2.75) is 83.3 Å². The van der Waals surface area contributed by atoms with Gasteiger partial charge >= 0.3 is 0 Å². The number of halogens is 2. The Morgan fingerprint density at radius 3 is 2.51 bits per heavy atom. The molecule has 9 nitrogen and oxygen atoms in total. The van der Waals surface area contributed by atoms with E-state index in [9.17, 15) is 9.59 Å². The van der Waals surface area contributed by atoms with Crippen LogP contribution < -0.4 is 15.5 Å². The van der Waals surface area contributed by atoms with Crippen LogP contribution in [-0.4, -0.2) is 63.5 Å². The molecule has 2 fully saturated rings. The smallest absolute Gasteiger partial charge is 0.252 e. The number of benzene rings is 2. The number of nitrogens with zero attached hydrogens (tertiary/aromatic N) is 5. The number of anilines is 3. The Morgan fingerprint density at radius 1 is 1.06 bits per heavy atom. The van der Waals surface area contributed by atoms with E-state index in [1.165, 1.54) is 32.4 Å². The van der Waals surface area contributed by atoms with Gasteiger partial charge in [-0.05, 0) is 96.3 Å². The van der Waals surface area contributed by atoms with Gasteiger partial charge in [0.15, 0.2) is 5.82 Å². The fourth-order valence-electron chi connectivity index (χ4n) is 7.43. The Balaban J connectivity index is 1.28. The van der Waals surface area contributed by atoms with Gasteiger partial charge in [0.05, 0.1) is 39.2 Å². The number of rotatable bonds is 7. The molecular weight excluding hydrogens is 617 g/mol. The fourth-order valence-corrected chi connectivity index (χ4v) is 7.66. The Labute approximate surface area is 279 Å². The van der Waals surface area contributed by atoms with E-state index in [1.807, 2.05) is 55.4 Å². The van der Waals surface area contributed by atoms with Gasteiger partial charge in [-0.3, -0.25) is 9.59 Å². The maximum Gasteiger partial charge on any atom is 0.252 e. The zero-order valence-corrected chi connectivity index (χ0v) is 28.3. The van der Waals surface area contributed by atoms with Gasteiger partial charge in [-0.1, -0.05) is 30.2 Å². The number of likely N-dealkylation sites (tertiary alicyclic amines) is 1. The monoisotopic (exact) mass is 657 g/mol. The zero-order chi connectivity index (χ0) is 33.2. The highest BCUT2D eigenvalue weighted by atomic mass is 35.5. The topological polar surface area (TPSA) is 95.4 Å². The molecule has 0 bridgehead atoms. The molecule has 0 unspecified atom stereocenters. The highest BCUT2D eigenvalue weighted by Crippen LogP contribution is 2.48. The number of pyridine rings is 1. The lowest BCUT2D eigenvalue weighted by Gasteiger charge is -2.48. The predicted octanol–water partition coefficient (Wildman–Crippen LogP) is 7.22. The molecule has 2 aliphatic heterocycles. The average Bonchev–Trinajstić information content (AvgIpc) is 3.55. The quantitative estimate of drug-likeness (QED) is 0.218. The van der Waals surface area contributed by atoms with Crippen LogP contribution in [0.3, 0.4) is 0 Å². The van der Waals surface area contributed by atoms with Crippen molar-refractivity contribution in [2.75, 3.05) is 30.4 Å². The van der Waals surface area contributed by atoms with E-state index >= 15 is 4.39 Å². The minimum Gasteiger partial charge on any atom is -0.355 e. The van der Waals surface area contributed by atoms with Crippen molar-refractivity contribution in [3.63, 3.8) is 0 Å². The Morgan fingerprint density at radius 2 is 1.81 bits per heavy atom. The summed E-state index contributed by atoms with van der Waals surface area (Å²) in [7, 11) is 1.50. The lowest BCUT2D eigenvalue weighted by atomic mass is 9.82. The number of carbonyl (C=O) groups excluding carboxylic acids is 2. The van der Waals surface area contributed by atoms with E-state index in [1.54, 1.807) is 6.33 Å². The summed E-state index contributed by atoms with van der Waals surface area (Å²) in [6, 6.07) is 11.3. The standard InChI is InChI=1S/C36H41ClFN7O2/c1-20(2)44-19-40-30-18-28(41-33(32(30)44)42-29-16-24(34(46)39-5)26(37)17-27(29)38)21-9-10-25-31(13-21)45(35(47)36(25,3)4)23-14-22(15-23)43-11-7-6-8-12-43/h9-10,13,16-20,22-23H,6-8,11-12,14-15H2,1-5H3,(H,39,46)(H,41,42)/t22-,23+. The van der Waals surface area contributed by atoms with Crippen molar-refractivity contribution in [1.82, 2.24) is 24.8 Å². The van der Waals surface area contributed by atoms with Gasteiger partial charge in [-0.2, -0.15) is 0 Å². The Kier molecular flexibility index (Phi) is 7.99. The summed E-state index contributed by atoms with van der Waals surface area (Å²) < 4.78 is 17.3. The number of piperidine rings is 1. The molecule has 0 spiro atoms. The number of carbonyl (C=O) groups is 2. The van der Waals surface area contributed by atoms with Crippen molar-refractivity contribution in [3.05, 3.63) is 64.7 Å². The third-order valence-electron chi connectivity index (χ3n) is 10.2. The number of nitrogens with one attached hydrogen (secondary N) is 2. The first-order chi connectivity index (χ1) is 22.5. The molecule has 246 valence electrons. The average molecular weight is 658 g/mol. The van der Waals surface area contributed by atoms with Crippen LogP contribution in [0.4, 0.5) is 21.6 Å². The van der Waals surface area contributed by atoms with Crippen LogP contribution in [0.2, 0.25) is 5.02 Å². The molecular formula is C36H41ClFN7O2. The fraction of sp³-hybridized carbons (Fsp3) is 0.444. The molecule has 4 heterocycles. The lowest BCUT2D eigenvalue weighted by molar-refractivity contribution is -0.123. The van der Waals surface area contributed by atoms with Crippen LogP contribution in [0.1, 0.15) is 81.8 Å². The molecule has 2 N–H and O–H groups in total. The molecule has 1 aliphatic carbocycles. The summed E-state index contributed by atoms with van der Waals surface area (Å²) in [5.41, 5.74) is 4.39. The summed E-state index contributed by atoms with van der Waals surface area (Å²) in [4.78, 5) is 40.7. The molecule has 3 aliphatic rings. The summed E-state index contributed by atoms with van der Waals surface area (Å²) in [5.74, 6) is -0.509. The third-order valence-corrected chi connectivity index (χ3v) is 10.5. The van der Waals surface area contributed by atoms with Gasteiger partial charge in [0.2, 0.25) is 5.91 Å². The van der Waals surface area contributed by atoms with E-state index in [0.717, 1.165) is 48.8 Å². The normalized spacial score (nSPS) is 20.9. The summed E-state index contributed by atoms with van der Waals surface area (Å²) in [6.07, 6.45) is 7.55. The van der Waals surface area contributed by atoms with Crippen LogP contribution in [0.15, 0.2) is 42.7 Å². The number of imidazole rings is 1. The molecule has 2 amide bonds. The Bertz CT molecular complexity index is 1890. The van der Waals surface area contributed by atoms with E-state index in [-0.39, 0.29) is 34.3 Å². The van der Waals surface area contributed by atoms with Gasteiger partial charge in [-0.15, -0.1) is 0 Å². The SMILES string of the molecule is CNC(=O)c1cc(Nc2nc(-c3ccc4c(c3)N([C@H]3C[C@@H](N5CCCCC5)C3)C(=O)C4(C)C)cc3ncn(C(C)C)c23)c(F)cc1Cl. The van der Waals surface area contributed by atoms with Gasteiger partial charge < -0.3 is 25.0 Å². The zero-order valence-electron chi connectivity index (χ0n) is 27.5. The number of hydrogen-bond acceptors (Lipinski definition) is 6. The van der Waals surface area contributed by atoms with Gasteiger partial charge in [0, 0.05) is 36.4 Å². The molecule has 7 rings (SSSR count). The molecule has 2 aromatic carbocycles. The molecule has 1 saturated carbocycles.